The second-order valence-electron chi connectivity index (χ2n) is 4.08. The van der Waals surface area contributed by atoms with Crippen molar-refractivity contribution < 1.29 is 19.7 Å². The van der Waals surface area contributed by atoms with Crippen molar-refractivity contribution in [2.24, 2.45) is 0 Å². The predicted molar refractivity (Wildman–Crippen MR) is 71.8 cm³/mol. The average Bonchev–Trinajstić information content (AvgIpc) is 2.70. The van der Waals surface area contributed by atoms with Crippen LogP contribution in [0.2, 0.25) is 0 Å². The van der Waals surface area contributed by atoms with Crippen molar-refractivity contribution in [3.63, 3.8) is 0 Å². The van der Waals surface area contributed by atoms with E-state index in [0.717, 1.165) is 4.57 Å². The van der Waals surface area contributed by atoms with Gasteiger partial charge in [-0.2, -0.15) is 0 Å². The average molecular weight is 384 g/mol. The van der Waals surface area contributed by atoms with E-state index >= 15 is 0 Å². The molecular formula is C10H13IN2O6. The lowest BCUT2D eigenvalue weighted by Gasteiger charge is -2.20. The van der Waals surface area contributed by atoms with E-state index < -0.39 is 42.4 Å². The number of ether oxygens (including phenoxy) is 2. The molecule has 8 nitrogen and oxygen atoms in total. The standard InChI is InChI=1S/C10H13IN2O6/c1-18-7-6(15)5(3-14)19-9(7)13-2-4(11)8(16)12-10(13)17/h2,5-7,9,14-15H,3H2,1H3,(H,12,16,17)/t5-,6+,7-,9-/m1/s1. The summed E-state index contributed by atoms with van der Waals surface area (Å²) < 4.78 is 11.9. The molecule has 0 aliphatic carbocycles. The first-order valence-corrected chi connectivity index (χ1v) is 6.55. The van der Waals surface area contributed by atoms with Gasteiger partial charge in [0.15, 0.2) is 6.23 Å². The largest absolute Gasteiger partial charge is 0.394 e. The molecule has 19 heavy (non-hydrogen) atoms. The zero-order valence-electron chi connectivity index (χ0n) is 9.95. The van der Waals surface area contributed by atoms with Crippen molar-refractivity contribution >= 4 is 22.6 Å². The molecule has 1 aromatic rings. The van der Waals surface area contributed by atoms with Gasteiger partial charge in [-0.3, -0.25) is 14.3 Å². The second-order valence-corrected chi connectivity index (χ2v) is 5.24. The zero-order chi connectivity index (χ0) is 14.2. The molecule has 106 valence electrons. The maximum atomic E-state index is 11.8. The summed E-state index contributed by atoms with van der Waals surface area (Å²) in [5.41, 5.74) is -1.16. The monoisotopic (exact) mass is 384 g/mol. The van der Waals surface area contributed by atoms with Gasteiger partial charge in [-0.25, -0.2) is 4.79 Å². The van der Waals surface area contributed by atoms with Crippen LogP contribution in [0.4, 0.5) is 0 Å². The minimum Gasteiger partial charge on any atom is -0.394 e. The Balaban J connectivity index is 2.44. The number of methoxy groups -OCH3 is 1. The maximum Gasteiger partial charge on any atom is 0.330 e. The molecule has 0 radical (unpaired) electrons. The highest BCUT2D eigenvalue weighted by molar-refractivity contribution is 14.1. The van der Waals surface area contributed by atoms with Crippen LogP contribution < -0.4 is 11.2 Å². The number of halogens is 1. The molecule has 3 N–H and O–H groups in total. The molecule has 0 spiro atoms. The molecule has 0 unspecified atom stereocenters. The van der Waals surface area contributed by atoms with Gasteiger partial charge in [0.2, 0.25) is 0 Å². The number of hydrogen-bond acceptors (Lipinski definition) is 6. The number of H-pyrrole nitrogens is 1. The molecular weight excluding hydrogens is 371 g/mol. The fourth-order valence-corrected chi connectivity index (χ4v) is 2.43. The molecule has 0 bridgehead atoms. The van der Waals surface area contributed by atoms with Crippen LogP contribution in [0.1, 0.15) is 6.23 Å². The van der Waals surface area contributed by atoms with E-state index in [0.29, 0.717) is 3.57 Å². The van der Waals surface area contributed by atoms with Crippen molar-refractivity contribution in [2.75, 3.05) is 13.7 Å². The van der Waals surface area contributed by atoms with Gasteiger partial charge in [0.1, 0.15) is 18.3 Å². The molecule has 0 amide bonds. The molecule has 1 aliphatic heterocycles. The Labute approximate surface area is 121 Å². The number of aromatic nitrogens is 2. The lowest BCUT2D eigenvalue weighted by atomic mass is 10.1. The van der Waals surface area contributed by atoms with Gasteiger partial charge in [0, 0.05) is 13.3 Å². The molecule has 2 heterocycles. The van der Waals surface area contributed by atoms with E-state index in [2.05, 4.69) is 4.98 Å². The van der Waals surface area contributed by atoms with Crippen LogP contribution in [-0.2, 0) is 9.47 Å². The number of nitrogens with one attached hydrogen (secondary N) is 1. The Morgan fingerprint density at radius 3 is 2.84 bits per heavy atom. The van der Waals surface area contributed by atoms with Crippen molar-refractivity contribution in [2.45, 2.75) is 24.5 Å². The second kappa shape index (κ2) is 5.71. The molecule has 1 aromatic heterocycles. The van der Waals surface area contributed by atoms with Crippen molar-refractivity contribution in [1.29, 1.82) is 0 Å². The topological polar surface area (TPSA) is 114 Å². The van der Waals surface area contributed by atoms with Crippen LogP contribution in [0.3, 0.4) is 0 Å². The van der Waals surface area contributed by atoms with Crippen LogP contribution in [0, 0.1) is 3.57 Å². The molecule has 0 aromatic carbocycles. The number of rotatable bonds is 3. The van der Waals surface area contributed by atoms with Crippen LogP contribution in [0.25, 0.3) is 0 Å². The fraction of sp³-hybridized carbons (Fsp3) is 0.600. The number of aliphatic hydroxyl groups excluding tert-OH is 2. The normalized spacial score (nSPS) is 30.7. The summed E-state index contributed by atoms with van der Waals surface area (Å²) in [6.45, 7) is -0.396. The van der Waals surface area contributed by atoms with Crippen molar-refractivity contribution in [3.8, 4) is 0 Å². The molecule has 1 fully saturated rings. The van der Waals surface area contributed by atoms with Crippen LogP contribution in [0.15, 0.2) is 15.8 Å². The highest BCUT2D eigenvalue weighted by Crippen LogP contribution is 2.30. The highest BCUT2D eigenvalue weighted by atomic mass is 127. The lowest BCUT2D eigenvalue weighted by Crippen LogP contribution is -2.39. The summed E-state index contributed by atoms with van der Waals surface area (Å²) in [4.78, 5) is 25.2. The number of aromatic amines is 1. The number of hydrogen-bond donors (Lipinski definition) is 3. The first kappa shape index (κ1) is 14.7. The molecule has 1 aliphatic rings. The van der Waals surface area contributed by atoms with E-state index in [1.807, 2.05) is 0 Å². The van der Waals surface area contributed by atoms with Gasteiger partial charge < -0.3 is 19.7 Å². The molecule has 2 rings (SSSR count). The fourth-order valence-electron chi connectivity index (χ4n) is 2.00. The van der Waals surface area contributed by atoms with Gasteiger partial charge in [-0.1, -0.05) is 0 Å². The van der Waals surface area contributed by atoms with E-state index in [1.54, 1.807) is 22.6 Å². The quantitative estimate of drug-likeness (QED) is 0.542. The smallest absolute Gasteiger partial charge is 0.330 e. The Kier molecular flexibility index (Phi) is 4.40. The number of nitrogens with zero attached hydrogens (tertiary/aromatic N) is 1. The van der Waals surface area contributed by atoms with Crippen molar-refractivity contribution in [1.82, 2.24) is 9.55 Å². The summed E-state index contributed by atoms with van der Waals surface area (Å²) in [7, 11) is 1.37. The summed E-state index contributed by atoms with van der Waals surface area (Å²) in [5.74, 6) is 0. The molecule has 1 saturated heterocycles. The Morgan fingerprint density at radius 1 is 1.58 bits per heavy atom. The van der Waals surface area contributed by atoms with Crippen LogP contribution in [0.5, 0.6) is 0 Å². The van der Waals surface area contributed by atoms with Crippen LogP contribution in [-0.4, -0.2) is 51.8 Å². The third-order valence-corrected chi connectivity index (χ3v) is 3.73. The van der Waals surface area contributed by atoms with E-state index in [1.165, 1.54) is 13.3 Å². The van der Waals surface area contributed by atoms with Crippen molar-refractivity contribution in [3.05, 3.63) is 30.6 Å². The SMILES string of the molecule is CO[C@@H]1[C@@H](O)[C@@H](CO)O[C@H]1n1cc(I)c(=O)[nH]c1=O. The maximum absolute atomic E-state index is 11.8. The molecule has 9 heteroatoms. The summed E-state index contributed by atoms with van der Waals surface area (Å²) >= 11 is 1.78. The van der Waals surface area contributed by atoms with Gasteiger partial charge >= 0.3 is 5.69 Å². The minimum absolute atomic E-state index is 0.303. The Hall–Kier alpha value is -0.750. The van der Waals surface area contributed by atoms with Crippen LogP contribution >= 0.6 is 22.6 Å². The first-order valence-electron chi connectivity index (χ1n) is 5.47. The summed E-state index contributed by atoms with van der Waals surface area (Å²) in [6, 6.07) is 0. The summed E-state index contributed by atoms with van der Waals surface area (Å²) in [5, 5.41) is 19.0. The van der Waals surface area contributed by atoms with Gasteiger partial charge in [0.25, 0.3) is 5.56 Å². The van der Waals surface area contributed by atoms with Gasteiger partial charge in [0.05, 0.1) is 10.2 Å². The summed E-state index contributed by atoms with van der Waals surface area (Å²) in [6.07, 6.45) is -2.29. The Bertz CT molecular complexity index is 570. The van der Waals surface area contributed by atoms with E-state index in [-0.39, 0.29) is 0 Å². The number of aliphatic hydroxyl groups is 2. The lowest BCUT2D eigenvalue weighted by molar-refractivity contribution is -0.0626. The van der Waals surface area contributed by atoms with E-state index in [4.69, 9.17) is 14.6 Å². The third kappa shape index (κ3) is 2.60. The molecule has 0 saturated carbocycles. The van der Waals surface area contributed by atoms with E-state index in [9.17, 15) is 14.7 Å². The van der Waals surface area contributed by atoms with Gasteiger partial charge in [-0.05, 0) is 22.6 Å². The predicted octanol–water partition coefficient (Wildman–Crippen LogP) is -1.59. The first-order chi connectivity index (χ1) is 8.99. The Morgan fingerprint density at radius 2 is 2.26 bits per heavy atom. The van der Waals surface area contributed by atoms with Gasteiger partial charge in [-0.15, -0.1) is 0 Å². The zero-order valence-corrected chi connectivity index (χ0v) is 12.1. The third-order valence-electron chi connectivity index (χ3n) is 2.96. The minimum atomic E-state index is -1.06. The molecule has 4 atom stereocenters. The highest BCUT2D eigenvalue weighted by Gasteiger charge is 2.45.